The number of nitrogens with two attached hydrogens (primary N) is 1. The van der Waals surface area contributed by atoms with Gasteiger partial charge in [-0.05, 0) is 28.9 Å². The van der Waals surface area contributed by atoms with Crippen LogP contribution in [0.15, 0.2) is 15.1 Å². The van der Waals surface area contributed by atoms with Crippen LogP contribution in [0.5, 0.6) is 11.5 Å². The number of nitrogens with zero attached hydrogens (tertiary/aromatic N) is 2. The molecule has 102 valence electrons. The van der Waals surface area contributed by atoms with Crippen LogP contribution in [0, 0.1) is 6.92 Å². The number of ether oxygens (including phenoxy) is 2. The van der Waals surface area contributed by atoms with Gasteiger partial charge in [-0.25, -0.2) is 0 Å². The molecule has 19 heavy (non-hydrogen) atoms. The lowest BCUT2D eigenvalue weighted by molar-refractivity contribution is 0.379. The van der Waals surface area contributed by atoms with E-state index in [0.29, 0.717) is 28.8 Å². The summed E-state index contributed by atoms with van der Waals surface area (Å²) in [5.74, 6) is 2.12. The molecule has 2 aromatic rings. The van der Waals surface area contributed by atoms with Crippen LogP contribution in [0.25, 0.3) is 11.4 Å². The highest BCUT2D eigenvalue weighted by Gasteiger charge is 2.20. The minimum Gasteiger partial charge on any atom is -0.496 e. The lowest BCUT2D eigenvalue weighted by Crippen LogP contribution is -1.98. The lowest BCUT2D eigenvalue weighted by Gasteiger charge is -2.13. The summed E-state index contributed by atoms with van der Waals surface area (Å²) >= 11 is 3.49. The predicted octanol–water partition coefficient (Wildman–Crippen LogP) is 2.28. The number of benzene rings is 1. The van der Waals surface area contributed by atoms with Crippen molar-refractivity contribution >= 4 is 15.9 Å². The van der Waals surface area contributed by atoms with E-state index in [2.05, 4.69) is 26.1 Å². The van der Waals surface area contributed by atoms with Crippen molar-refractivity contribution in [2.24, 2.45) is 5.73 Å². The van der Waals surface area contributed by atoms with Crippen molar-refractivity contribution in [3.8, 4) is 22.9 Å². The summed E-state index contributed by atoms with van der Waals surface area (Å²) in [6.07, 6.45) is 0. The molecule has 1 aromatic carbocycles. The molecule has 0 aliphatic carbocycles. The molecule has 0 unspecified atom stereocenters. The summed E-state index contributed by atoms with van der Waals surface area (Å²) in [4.78, 5) is 4.19. The largest absolute Gasteiger partial charge is 0.496 e. The Morgan fingerprint density at radius 1 is 1.37 bits per heavy atom. The maximum atomic E-state index is 5.46. The fourth-order valence-corrected chi connectivity index (χ4v) is 2.30. The molecule has 0 aliphatic heterocycles. The van der Waals surface area contributed by atoms with Crippen LogP contribution in [-0.4, -0.2) is 24.4 Å². The first kappa shape index (κ1) is 13.8. The number of methoxy groups -OCH3 is 2. The van der Waals surface area contributed by atoms with Crippen LogP contribution in [0.3, 0.4) is 0 Å². The molecule has 0 aliphatic rings. The lowest BCUT2D eigenvalue weighted by atomic mass is 10.1. The highest BCUT2D eigenvalue weighted by Crippen LogP contribution is 2.41. The molecule has 1 aromatic heterocycles. The minimum absolute atomic E-state index is 0.194. The van der Waals surface area contributed by atoms with Gasteiger partial charge in [0.25, 0.3) is 0 Å². The van der Waals surface area contributed by atoms with Crippen molar-refractivity contribution in [1.82, 2.24) is 10.1 Å². The van der Waals surface area contributed by atoms with Gasteiger partial charge in [-0.1, -0.05) is 5.16 Å². The molecule has 2 N–H and O–H groups in total. The van der Waals surface area contributed by atoms with Gasteiger partial charge in [-0.3, -0.25) is 0 Å². The van der Waals surface area contributed by atoms with Crippen LogP contribution in [0.2, 0.25) is 0 Å². The van der Waals surface area contributed by atoms with E-state index in [1.807, 2.05) is 13.0 Å². The van der Waals surface area contributed by atoms with Crippen molar-refractivity contribution in [3.63, 3.8) is 0 Å². The SMILES string of the molecule is COc1cc(-c2noc(CN)n2)c(OC)c(Br)c1C. The summed E-state index contributed by atoms with van der Waals surface area (Å²) in [6, 6.07) is 1.81. The number of rotatable bonds is 4. The van der Waals surface area contributed by atoms with Crippen LogP contribution in [-0.2, 0) is 6.54 Å². The second-order valence-corrected chi connectivity index (χ2v) is 4.61. The van der Waals surface area contributed by atoms with E-state index in [-0.39, 0.29) is 6.54 Å². The Bertz CT molecular complexity index is 598. The van der Waals surface area contributed by atoms with Gasteiger partial charge >= 0.3 is 0 Å². The highest BCUT2D eigenvalue weighted by atomic mass is 79.9. The minimum atomic E-state index is 0.194. The van der Waals surface area contributed by atoms with Gasteiger partial charge in [0.05, 0.1) is 30.8 Å². The summed E-state index contributed by atoms with van der Waals surface area (Å²) in [7, 11) is 3.19. The van der Waals surface area contributed by atoms with Gasteiger partial charge in [0.1, 0.15) is 11.5 Å². The third-order valence-electron chi connectivity index (χ3n) is 2.73. The standard InChI is InChI=1S/C12H14BrN3O3/c1-6-8(17-2)4-7(11(18-3)10(6)13)12-15-9(5-14)19-16-12/h4H,5,14H2,1-3H3. The van der Waals surface area contributed by atoms with Gasteiger partial charge in [-0.15, -0.1) is 0 Å². The highest BCUT2D eigenvalue weighted by molar-refractivity contribution is 9.10. The Hall–Kier alpha value is -1.60. The fourth-order valence-electron chi connectivity index (χ4n) is 1.73. The molecular weight excluding hydrogens is 314 g/mol. The Kier molecular flexibility index (Phi) is 4.06. The molecule has 1 heterocycles. The van der Waals surface area contributed by atoms with Crippen LogP contribution in [0.4, 0.5) is 0 Å². The Labute approximate surface area is 119 Å². The van der Waals surface area contributed by atoms with Crippen LogP contribution < -0.4 is 15.2 Å². The number of hydrogen-bond acceptors (Lipinski definition) is 6. The molecular formula is C12H14BrN3O3. The number of halogens is 1. The molecule has 0 spiro atoms. The molecule has 6 nitrogen and oxygen atoms in total. The first-order valence-corrected chi connectivity index (χ1v) is 6.35. The van der Waals surface area contributed by atoms with Crippen molar-refractivity contribution in [3.05, 3.63) is 22.0 Å². The van der Waals surface area contributed by atoms with Gasteiger partial charge in [0.2, 0.25) is 11.7 Å². The van der Waals surface area contributed by atoms with Gasteiger partial charge in [-0.2, -0.15) is 4.98 Å². The smallest absolute Gasteiger partial charge is 0.240 e. The van der Waals surface area contributed by atoms with Crippen molar-refractivity contribution < 1.29 is 14.0 Å². The number of hydrogen-bond donors (Lipinski definition) is 1. The third-order valence-corrected chi connectivity index (χ3v) is 3.68. The first-order valence-electron chi connectivity index (χ1n) is 5.56. The fraction of sp³-hybridized carbons (Fsp3) is 0.333. The average molecular weight is 328 g/mol. The van der Waals surface area contributed by atoms with Gasteiger partial charge in [0.15, 0.2) is 0 Å². The molecule has 0 saturated carbocycles. The molecule has 0 bridgehead atoms. The van der Waals surface area contributed by atoms with E-state index < -0.39 is 0 Å². The van der Waals surface area contributed by atoms with Crippen LogP contribution >= 0.6 is 15.9 Å². The molecule has 7 heteroatoms. The Morgan fingerprint density at radius 2 is 2.11 bits per heavy atom. The monoisotopic (exact) mass is 327 g/mol. The summed E-state index contributed by atoms with van der Waals surface area (Å²) in [6.45, 7) is 2.12. The van der Waals surface area contributed by atoms with Crippen molar-refractivity contribution in [2.45, 2.75) is 13.5 Å². The maximum absolute atomic E-state index is 5.46. The predicted molar refractivity (Wildman–Crippen MR) is 73.2 cm³/mol. The van der Waals surface area contributed by atoms with E-state index in [1.165, 1.54) is 0 Å². The molecule has 0 atom stereocenters. The molecule has 0 fully saturated rings. The summed E-state index contributed by atoms with van der Waals surface area (Å²) < 4.78 is 16.5. The summed E-state index contributed by atoms with van der Waals surface area (Å²) in [5.41, 5.74) is 7.08. The molecule has 0 saturated heterocycles. The first-order chi connectivity index (χ1) is 9.12. The number of aromatic nitrogens is 2. The van der Waals surface area contributed by atoms with E-state index in [4.69, 9.17) is 19.7 Å². The quantitative estimate of drug-likeness (QED) is 0.927. The van der Waals surface area contributed by atoms with Crippen LogP contribution in [0.1, 0.15) is 11.5 Å². The topological polar surface area (TPSA) is 83.4 Å². The van der Waals surface area contributed by atoms with E-state index >= 15 is 0 Å². The van der Waals surface area contributed by atoms with Crippen molar-refractivity contribution in [2.75, 3.05) is 14.2 Å². The molecule has 0 amide bonds. The second-order valence-electron chi connectivity index (χ2n) is 3.81. The zero-order valence-corrected chi connectivity index (χ0v) is 12.4. The Balaban J connectivity index is 2.64. The second kappa shape index (κ2) is 5.58. The van der Waals surface area contributed by atoms with Gasteiger partial charge in [0, 0.05) is 5.56 Å². The zero-order chi connectivity index (χ0) is 14.0. The summed E-state index contributed by atoms with van der Waals surface area (Å²) in [5, 5.41) is 3.89. The van der Waals surface area contributed by atoms with E-state index in [1.54, 1.807) is 14.2 Å². The van der Waals surface area contributed by atoms with Crippen molar-refractivity contribution in [1.29, 1.82) is 0 Å². The van der Waals surface area contributed by atoms with E-state index in [0.717, 1.165) is 10.0 Å². The third kappa shape index (κ3) is 2.43. The molecule has 0 radical (unpaired) electrons. The normalized spacial score (nSPS) is 10.6. The maximum Gasteiger partial charge on any atom is 0.240 e. The van der Waals surface area contributed by atoms with E-state index in [9.17, 15) is 0 Å². The van der Waals surface area contributed by atoms with Gasteiger partial charge < -0.3 is 19.7 Å². The Morgan fingerprint density at radius 3 is 2.63 bits per heavy atom. The zero-order valence-electron chi connectivity index (χ0n) is 10.9. The average Bonchev–Trinajstić information content (AvgIpc) is 2.90. The molecule has 2 rings (SSSR count).